The summed E-state index contributed by atoms with van der Waals surface area (Å²) in [4.78, 5) is 25.4. The third kappa shape index (κ3) is 6.53. The van der Waals surface area contributed by atoms with E-state index < -0.39 is 10.0 Å². The number of fused-ring (bicyclic) bond motifs is 1. The van der Waals surface area contributed by atoms with Crippen LogP contribution in [0, 0.1) is 17.8 Å². The second-order valence-electron chi connectivity index (χ2n) is 11.9. The number of nitrogens with one attached hydrogen (secondary N) is 1. The quantitative estimate of drug-likeness (QED) is 0.395. The number of piperidine rings is 2. The molecule has 0 bridgehead atoms. The Balaban J connectivity index is 1.40. The molecule has 2 aliphatic rings. The fraction of sp³-hybridized carbons (Fsp3) is 0.516. The van der Waals surface area contributed by atoms with Gasteiger partial charge in [0.2, 0.25) is 10.0 Å². The molecule has 9 heteroatoms. The number of rotatable bonds is 8. The van der Waals surface area contributed by atoms with E-state index in [-0.39, 0.29) is 10.8 Å². The van der Waals surface area contributed by atoms with Gasteiger partial charge in [0.05, 0.1) is 27.4 Å². The number of likely N-dealkylation sites (tertiary alicyclic amines) is 1. The standard InChI is InChI=1S/C31H41N5O3S/c1-22-10-15-36(16-11-22)40(38,39)25-8-9-28-26(18-25)27(19-30(34-28)29-7-4-5-12-32-29)31(37)33-13-6-14-35-20-23(2)17-24(3)21-35/h4-5,7-9,12,18-19,22-24H,6,10-11,13-17,20-21H2,1-3H3,(H,33,37). The Morgan fingerprint density at radius 1 is 0.975 bits per heavy atom. The van der Waals surface area contributed by atoms with Crippen molar-refractivity contribution in [3.63, 3.8) is 0 Å². The van der Waals surface area contributed by atoms with E-state index in [1.807, 2.05) is 18.2 Å². The number of sulfonamides is 1. The molecule has 2 atom stereocenters. The molecule has 5 rings (SSSR count). The smallest absolute Gasteiger partial charge is 0.252 e. The molecule has 2 aliphatic heterocycles. The lowest BCUT2D eigenvalue weighted by molar-refractivity contribution is 0.0949. The van der Waals surface area contributed by atoms with Crippen LogP contribution < -0.4 is 5.32 Å². The second-order valence-corrected chi connectivity index (χ2v) is 13.8. The van der Waals surface area contributed by atoms with Crippen molar-refractivity contribution in [3.8, 4) is 11.4 Å². The molecule has 1 aromatic carbocycles. The van der Waals surface area contributed by atoms with Crippen LogP contribution in [0.5, 0.6) is 0 Å². The van der Waals surface area contributed by atoms with Gasteiger partial charge in [0.15, 0.2) is 0 Å². The fourth-order valence-electron chi connectivity index (χ4n) is 6.15. The largest absolute Gasteiger partial charge is 0.352 e. The van der Waals surface area contributed by atoms with Gasteiger partial charge in [0.25, 0.3) is 5.91 Å². The number of hydrogen-bond acceptors (Lipinski definition) is 6. The minimum Gasteiger partial charge on any atom is -0.352 e. The van der Waals surface area contributed by atoms with E-state index in [1.54, 1.807) is 34.8 Å². The molecule has 3 aromatic rings. The van der Waals surface area contributed by atoms with E-state index >= 15 is 0 Å². The monoisotopic (exact) mass is 563 g/mol. The second kappa shape index (κ2) is 12.3. The lowest BCUT2D eigenvalue weighted by Crippen LogP contribution is -2.40. The van der Waals surface area contributed by atoms with Crippen molar-refractivity contribution < 1.29 is 13.2 Å². The predicted octanol–water partition coefficient (Wildman–Crippen LogP) is 4.82. The number of carbonyl (C=O) groups is 1. The number of aromatic nitrogens is 2. The van der Waals surface area contributed by atoms with Crippen molar-refractivity contribution in [2.75, 3.05) is 39.3 Å². The van der Waals surface area contributed by atoms with Crippen LogP contribution in [-0.4, -0.2) is 72.8 Å². The van der Waals surface area contributed by atoms with E-state index in [9.17, 15) is 13.2 Å². The average molecular weight is 564 g/mol. The zero-order valence-corrected chi connectivity index (χ0v) is 24.7. The summed E-state index contributed by atoms with van der Waals surface area (Å²) in [7, 11) is -3.67. The molecule has 1 N–H and O–H groups in total. The van der Waals surface area contributed by atoms with Gasteiger partial charge in [0, 0.05) is 44.3 Å². The summed E-state index contributed by atoms with van der Waals surface area (Å²) < 4.78 is 28.6. The number of amides is 1. The maximum Gasteiger partial charge on any atom is 0.252 e. The Bertz CT molecular complexity index is 1430. The molecule has 2 fully saturated rings. The lowest BCUT2D eigenvalue weighted by Gasteiger charge is -2.34. The SMILES string of the molecule is CC1CCN(S(=O)(=O)c2ccc3nc(-c4ccccn4)cc(C(=O)NCCCN4CC(C)CC(C)C4)c3c2)CC1. The average Bonchev–Trinajstić information content (AvgIpc) is 2.94. The molecule has 2 unspecified atom stereocenters. The topological polar surface area (TPSA) is 95.5 Å². The molecule has 1 amide bonds. The number of benzene rings is 1. The molecule has 8 nitrogen and oxygen atoms in total. The van der Waals surface area contributed by atoms with Crippen molar-refractivity contribution in [3.05, 3.63) is 54.2 Å². The van der Waals surface area contributed by atoms with E-state index in [0.29, 0.717) is 65.2 Å². The van der Waals surface area contributed by atoms with Crippen molar-refractivity contribution in [2.45, 2.75) is 51.3 Å². The highest BCUT2D eigenvalue weighted by atomic mass is 32.2. The Hall–Kier alpha value is -2.88. The highest BCUT2D eigenvalue weighted by molar-refractivity contribution is 7.89. The molecule has 0 aliphatic carbocycles. The van der Waals surface area contributed by atoms with Crippen LogP contribution in [0.25, 0.3) is 22.3 Å². The van der Waals surface area contributed by atoms with Gasteiger partial charge >= 0.3 is 0 Å². The molecule has 0 spiro atoms. The Morgan fingerprint density at radius 3 is 2.42 bits per heavy atom. The van der Waals surface area contributed by atoms with Crippen molar-refractivity contribution in [2.24, 2.45) is 17.8 Å². The van der Waals surface area contributed by atoms with Crippen molar-refractivity contribution in [1.82, 2.24) is 24.5 Å². The minimum atomic E-state index is -3.67. The maximum atomic E-state index is 13.6. The molecule has 0 saturated carbocycles. The molecule has 40 heavy (non-hydrogen) atoms. The van der Waals surface area contributed by atoms with Crippen molar-refractivity contribution in [1.29, 1.82) is 0 Å². The Kier molecular flexibility index (Phi) is 8.83. The summed E-state index contributed by atoms with van der Waals surface area (Å²) in [5.41, 5.74) is 2.21. The summed E-state index contributed by atoms with van der Waals surface area (Å²) in [5.74, 6) is 1.69. The van der Waals surface area contributed by atoms with Gasteiger partial charge in [-0.3, -0.25) is 9.78 Å². The van der Waals surface area contributed by atoms with E-state index in [4.69, 9.17) is 4.98 Å². The molecule has 4 heterocycles. The minimum absolute atomic E-state index is 0.198. The molecule has 214 valence electrons. The van der Waals surface area contributed by atoms with Crippen LogP contribution in [0.15, 0.2) is 53.6 Å². The van der Waals surface area contributed by atoms with Gasteiger partial charge < -0.3 is 10.2 Å². The first kappa shape index (κ1) is 28.6. The number of hydrogen-bond donors (Lipinski definition) is 1. The zero-order valence-electron chi connectivity index (χ0n) is 23.8. The summed E-state index contributed by atoms with van der Waals surface area (Å²) >= 11 is 0. The van der Waals surface area contributed by atoms with Gasteiger partial charge in [-0.15, -0.1) is 0 Å². The summed E-state index contributed by atoms with van der Waals surface area (Å²) in [6.07, 6.45) is 5.53. The summed E-state index contributed by atoms with van der Waals surface area (Å²) in [6, 6.07) is 12.2. The predicted molar refractivity (Wildman–Crippen MR) is 158 cm³/mol. The van der Waals surface area contributed by atoms with Gasteiger partial charge in [-0.05, 0) is 86.4 Å². The van der Waals surface area contributed by atoms with Crippen LogP contribution in [0.2, 0.25) is 0 Å². The van der Waals surface area contributed by atoms with Gasteiger partial charge in [-0.25, -0.2) is 13.4 Å². The third-order valence-electron chi connectivity index (χ3n) is 8.21. The number of nitrogens with zero attached hydrogens (tertiary/aromatic N) is 4. The molecule has 0 radical (unpaired) electrons. The van der Waals surface area contributed by atoms with E-state index in [2.05, 4.69) is 36.0 Å². The molecule has 2 aromatic heterocycles. The maximum absolute atomic E-state index is 13.6. The number of carbonyl (C=O) groups excluding carboxylic acids is 1. The van der Waals surface area contributed by atoms with Gasteiger partial charge in [-0.1, -0.05) is 26.8 Å². The van der Waals surface area contributed by atoms with Crippen LogP contribution in [-0.2, 0) is 10.0 Å². The first-order valence-corrected chi connectivity index (χ1v) is 16.0. The van der Waals surface area contributed by atoms with Crippen molar-refractivity contribution >= 4 is 26.8 Å². The van der Waals surface area contributed by atoms with Gasteiger partial charge in [0.1, 0.15) is 0 Å². The van der Waals surface area contributed by atoms with Crippen LogP contribution in [0.3, 0.4) is 0 Å². The molecular weight excluding hydrogens is 522 g/mol. The van der Waals surface area contributed by atoms with Gasteiger partial charge in [-0.2, -0.15) is 4.31 Å². The highest BCUT2D eigenvalue weighted by Crippen LogP contribution is 2.29. The van der Waals surface area contributed by atoms with E-state index in [1.165, 1.54) is 6.42 Å². The lowest BCUT2D eigenvalue weighted by atomic mass is 9.92. The molecular formula is C31H41N5O3S. The zero-order chi connectivity index (χ0) is 28.3. The molecule has 2 saturated heterocycles. The Morgan fingerprint density at radius 2 is 1.73 bits per heavy atom. The first-order valence-electron chi connectivity index (χ1n) is 14.6. The fourth-order valence-corrected chi connectivity index (χ4v) is 7.64. The Labute approximate surface area is 238 Å². The highest BCUT2D eigenvalue weighted by Gasteiger charge is 2.29. The normalized spacial score (nSPS) is 21.5. The van der Waals surface area contributed by atoms with Crippen LogP contribution in [0.1, 0.15) is 56.8 Å². The van der Waals surface area contributed by atoms with E-state index in [0.717, 1.165) is 38.9 Å². The van der Waals surface area contributed by atoms with Crippen LogP contribution >= 0.6 is 0 Å². The van der Waals surface area contributed by atoms with Crippen LogP contribution in [0.4, 0.5) is 0 Å². The summed E-state index contributed by atoms with van der Waals surface area (Å²) in [5, 5.41) is 3.61. The first-order chi connectivity index (χ1) is 19.2. The summed E-state index contributed by atoms with van der Waals surface area (Å²) in [6.45, 7) is 11.5. The number of pyridine rings is 2. The third-order valence-corrected chi connectivity index (χ3v) is 10.1.